The Morgan fingerprint density at radius 3 is 2.91 bits per heavy atom. The van der Waals surface area contributed by atoms with Crippen LogP contribution >= 0.6 is 35.9 Å². The summed E-state index contributed by atoms with van der Waals surface area (Å²) in [5, 5.41) is 9.01. The van der Waals surface area contributed by atoms with Gasteiger partial charge in [0.15, 0.2) is 9.99 Å². The normalized spacial score (nSPS) is 11.2. The molecule has 2 heterocycles. The van der Waals surface area contributed by atoms with Crippen LogP contribution in [-0.4, -0.2) is 22.4 Å². The Bertz CT molecular complexity index is 959. The van der Waals surface area contributed by atoms with Crippen LogP contribution in [0.5, 0.6) is 0 Å². The Hall–Kier alpha value is -1.95. The maximum Gasteiger partial charge on any atom is 0.172 e. The number of thiol groups is 1. The van der Waals surface area contributed by atoms with Crippen LogP contribution in [0.4, 0.5) is 4.39 Å². The maximum absolute atomic E-state index is 13.5. The Labute approximate surface area is 145 Å². The van der Waals surface area contributed by atoms with Gasteiger partial charge in [0.2, 0.25) is 0 Å². The second-order valence-corrected chi connectivity index (χ2v) is 6.79. The third-order valence-electron chi connectivity index (χ3n) is 3.15. The van der Waals surface area contributed by atoms with Gasteiger partial charge < -0.3 is 0 Å². The molecule has 0 spiro atoms. The van der Waals surface area contributed by atoms with Crippen LogP contribution in [0.25, 0.3) is 21.5 Å². The Morgan fingerprint density at radius 1 is 1.39 bits per heavy atom. The number of benzene rings is 1. The lowest BCUT2D eigenvalue weighted by Crippen LogP contribution is -1.95. The van der Waals surface area contributed by atoms with Crippen molar-refractivity contribution in [3.63, 3.8) is 0 Å². The lowest BCUT2D eigenvalue weighted by Gasteiger charge is -2.06. The molecule has 0 saturated carbocycles. The summed E-state index contributed by atoms with van der Waals surface area (Å²) in [5.41, 5.74) is 2.64. The summed E-state index contributed by atoms with van der Waals surface area (Å²) in [7, 11) is 0. The number of aromatic nitrogens is 2. The molecule has 3 aromatic rings. The SMILES string of the molecule is CSc1nc2nc(/C=N\S)c(-c3ccc(F)c(C#N)c3)cc2s1. The smallest absolute Gasteiger partial charge is 0.172 e. The van der Waals surface area contributed by atoms with E-state index in [9.17, 15) is 4.39 Å². The zero-order valence-corrected chi connectivity index (χ0v) is 14.3. The van der Waals surface area contributed by atoms with Gasteiger partial charge in [-0.2, -0.15) is 5.26 Å². The highest BCUT2D eigenvalue weighted by molar-refractivity contribution is 8.00. The first-order valence-electron chi connectivity index (χ1n) is 6.39. The standard InChI is InChI=1S/C15H9FN4S3/c1-22-15-20-14-13(23-15)5-10(12(19-14)7-18-21)8-2-3-11(16)9(4-8)6-17/h2-5,7,21H,1H3/b18-7-. The molecular weight excluding hydrogens is 351 g/mol. The van der Waals surface area contributed by atoms with Crippen molar-refractivity contribution < 1.29 is 4.39 Å². The fraction of sp³-hybridized carbons (Fsp3) is 0.0667. The van der Waals surface area contributed by atoms with Crippen molar-refractivity contribution in [2.45, 2.75) is 4.34 Å². The molecule has 114 valence electrons. The minimum Gasteiger partial charge on any atom is -0.226 e. The van der Waals surface area contributed by atoms with Gasteiger partial charge in [-0.1, -0.05) is 17.8 Å². The van der Waals surface area contributed by atoms with Crippen molar-refractivity contribution in [1.29, 1.82) is 5.26 Å². The molecule has 23 heavy (non-hydrogen) atoms. The molecule has 0 N–H and O–H groups in total. The molecule has 2 aromatic heterocycles. The Kier molecular flexibility index (Phi) is 4.61. The Morgan fingerprint density at radius 2 is 2.22 bits per heavy atom. The predicted molar refractivity (Wildman–Crippen MR) is 95.9 cm³/mol. The number of thiazole rings is 1. The molecule has 8 heteroatoms. The molecule has 1 aromatic carbocycles. The average Bonchev–Trinajstić information content (AvgIpc) is 2.97. The van der Waals surface area contributed by atoms with Crippen LogP contribution in [0.2, 0.25) is 0 Å². The minimum atomic E-state index is -0.544. The van der Waals surface area contributed by atoms with Crippen LogP contribution in [0.1, 0.15) is 11.3 Å². The van der Waals surface area contributed by atoms with E-state index >= 15 is 0 Å². The van der Waals surface area contributed by atoms with E-state index in [1.54, 1.807) is 17.8 Å². The summed E-state index contributed by atoms with van der Waals surface area (Å²) in [5.74, 6) is -0.544. The van der Waals surface area contributed by atoms with Gasteiger partial charge in [0.25, 0.3) is 0 Å². The number of hydrogen-bond donors (Lipinski definition) is 1. The van der Waals surface area contributed by atoms with Gasteiger partial charge in [0.1, 0.15) is 11.9 Å². The maximum atomic E-state index is 13.5. The fourth-order valence-electron chi connectivity index (χ4n) is 2.11. The zero-order chi connectivity index (χ0) is 16.4. The van der Waals surface area contributed by atoms with E-state index in [0.29, 0.717) is 16.9 Å². The molecule has 0 aliphatic carbocycles. The third kappa shape index (κ3) is 3.08. The van der Waals surface area contributed by atoms with Crippen LogP contribution in [0.3, 0.4) is 0 Å². The number of thioether (sulfide) groups is 1. The van der Waals surface area contributed by atoms with E-state index in [0.717, 1.165) is 14.6 Å². The topological polar surface area (TPSA) is 61.9 Å². The van der Waals surface area contributed by atoms with Crippen LogP contribution in [-0.2, 0) is 0 Å². The number of rotatable bonds is 3. The summed E-state index contributed by atoms with van der Waals surface area (Å²) in [6, 6.07) is 8.18. The first kappa shape index (κ1) is 15.9. The number of hydrogen-bond acceptors (Lipinski definition) is 7. The monoisotopic (exact) mass is 360 g/mol. The van der Waals surface area contributed by atoms with Crippen molar-refractivity contribution in [1.82, 2.24) is 9.97 Å². The molecule has 3 rings (SSSR count). The molecule has 0 atom stereocenters. The highest BCUT2D eigenvalue weighted by Gasteiger charge is 2.13. The largest absolute Gasteiger partial charge is 0.226 e. The van der Waals surface area contributed by atoms with E-state index < -0.39 is 5.82 Å². The van der Waals surface area contributed by atoms with Gasteiger partial charge in [0.05, 0.1) is 22.2 Å². The van der Waals surface area contributed by atoms with Crippen molar-refractivity contribution >= 4 is 52.5 Å². The third-order valence-corrected chi connectivity index (χ3v) is 5.24. The molecule has 0 bridgehead atoms. The average molecular weight is 360 g/mol. The molecular formula is C15H9FN4S3. The number of nitriles is 1. The lowest BCUT2D eigenvalue weighted by atomic mass is 10.0. The summed E-state index contributed by atoms with van der Waals surface area (Å²) in [6.45, 7) is 0. The second-order valence-electron chi connectivity index (χ2n) is 4.48. The summed E-state index contributed by atoms with van der Waals surface area (Å²) in [6.07, 6.45) is 3.46. The van der Waals surface area contributed by atoms with Crippen LogP contribution in [0, 0.1) is 17.1 Å². The van der Waals surface area contributed by atoms with E-state index in [2.05, 4.69) is 27.2 Å². The van der Waals surface area contributed by atoms with Crippen LogP contribution in [0.15, 0.2) is 33.0 Å². The number of pyridine rings is 1. The van der Waals surface area contributed by atoms with Gasteiger partial charge in [-0.25, -0.2) is 18.8 Å². The van der Waals surface area contributed by atoms with Crippen molar-refractivity contribution in [2.24, 2.45) is 4.40 Å². The highest BCUT2D eigenvalue weighted by Crippen LogP contribution is 2.32. The van der Waals surface area contributed by atoms with E-state index in [1.165, 1.54) is 29.7 Å². The molecule has 0 amide bonds. The van der Waals surface area contributed by atoms with E-state index in [4.69, 9.17) is 5.26 Å². The minimum absolute atomic E-state index is 0.00883. The molecule has 4 nitrogen and oxygen atoms in total. The van der Waals surface area contributed by atoms with Crippen molar-refractivity contribution in [3.8, 4) is 17.2 Å². The molecule has 0 fully saturated rings. The van der Waals surface area contributed by atoms with Gasteiger partial charge in [-0.05, 0) is 42.8 Å². The first-order valence-corrected chi connectivity index (χ1v) is 8.83. The fourth-order valence-corrected chi connectivity index (χ4v) is 3.68. The van der Waals surface area contributed by atoms with Gasteiger partial charge in [-0.3, -0.25) is 0 Å². The molecule has 0 unspecified atom stereocenters. The Balaban J connectivity index is 2.26. The second kappa shape index (κ2) is 6.66. The van der Waals surface area contributed by atoms with Crippen molar-refractivity contribution in [3.05, 3.63) is 41.3 Å². The van der Waals surface area contributed by atoms with Gasteiger partial charge in [-0.15, -0.1) is 11.3 Å². The number of halogens is 1. The molecule has 0 saturated heterocycles. The molecule has 0 radical (unpaired) electrons. The predicted octanol–water partition coefficient (Wildman–Crippen LogP) is 4.35. The summed E-state index contributed by atoms with van der Waals surface area (Å²) in [4.78, 5) is 8.93. The molecule has 0 aliphatic heterocycles. The number of fused-ring (bicyclic) bond motifs is 1. The summed E-state index contributed by atoms with van der Waals surface area (Å²) >= 11 is 6.94. The van der Waals surface area contributed by atoms with E-state index in [1.807, 2.05) is 18.4 Å². The van der Waals surface area contributed by atoms with Gasteiger partial charge in [0, 0.05) is 5.56 Å². The lowest BCUT2D eigenvalue weighted by molar-refractivity contribution is 0.624. The van der Waals surface area contributed by atoms with Crippen molar-refractivity contribution in [2.75, 3.05) is 6.26 Å². The summed E-state index contributed by atoms with van der Waals surface area (Å²) < 4.78 is 19.1. The van der Waals surface area contributed by atoms with E-state index in [-0.39, 0.29) is 5.56 Å². The van der Waals surface area contributed by atoms with Gasteiger partial charge >= 0.3 is 0 Å². The first-order chi connectivity index (χ1) is 11.2. The van der Waals surface area contributed by atoms with Crippen LogP contribution < -0.4 is 0 Å². The highest BCUT2D eigenvalue weighted by atomic mass is 32.2. The molecule has 0 aliphatic rings. The zero-order valence-electron chi connectivity index (χ0n) is 11.8. The number of nitrogens with zero attached hydrogens (tertiary/aromatic N) is 4. The quantitative estimate of drug-likeness (QED) is 0.428.